The van der Waals surface area contributed by atoms with Crippen LogP contribution in [0.15, 0.2) is 36.4 Å². The number of benzene rings is 2. The van der Waals surface area contributed by atoms with E-state index in [1.807, 2.05) is 24.3 Å². The van der Waals surface area contributed by atoms with Crippen LogP contribution in [0.4, 0.5) is 17.1 Å². The van der Waals surface area contributed by atoms with Gasteiger partial charge in [-0.1, -0.05) is 23.2 Å². The number of piperidine rings is 1. The topological polar surface area (TPSA) is 84.7 Å². The van der Waals surface area contributed by atoms with Crippen LogP contribution in [0.3, 0.4) is 0 Å². The van der Waals surface area contributed by atoms with Crippen molar-refractivity contribution in [3.8, 4) is 0 Å². The van der Waals surface area contributed by atoms with Gasteiger partial charge in [0.1, 0.15) is 0 Å². The van der Waals surface area contributed by atoms with Crippen molar-refractivity contribution in [2.45, 2.75) is 19.3 Å². The van der Waals surface area contributed by atoms with Crippen LogP contribution in [0.25, 0.3) is 0 Å². The summed E-state index contributed by atoms with van der Waals surface area (Å²) in [6.07, 6.45) is 3.68. The summed E-state index contributed by atoms with van der Waals surface area (Å²) in [5, 5.41) is 3.10. The van der Waals surface area contributed by atoms with Gasteiger partial charge in [-0.2, -0.15) is 0 Å². The Hall–Kier alpha value is -2.44. The van der Waals surface area contributed by atoms with E-state index < -0.39 is 18.5 Å². The third-order valence-corrected chi connectivity index (χ3v) is 5.05. The second-order valence-electron chi connectivity index (χ2n) is 6.57. The van der Waals surface area contributed by atoms with Crippen molar-refractivity contribution >= 4 is 52.1 Å². The van der Waals surface area contributed by atoms with E-state index in [1.165, 1.54) is 31.4 Å². The zero-order valence-corrected chi connectivity index (χ0v) is 16.7. The van der Waals surface area contributed by atoms with Crippen molar-refractivity contribution in [1.29, 1.82) is 0 Å². The molecule has 0 bridgehead atoms. The molecule has 1 amide bonds. The number of hydrogen-bond acceptors (Lipinski definition) is 5. The summed E-state index contributed by atoms with van der Waals surface area (Å²) in [5.41, 5.74) is 7.61. The van der Waals surface area contributed by atoms with Gasteiger partial charge in [0, 0.05) is 29.5 Å². The second-order valence-corrected chi connectivity index (χ2v) is 7.41. The summed E-state index contributed by atoms with van der Waals surface area (Å²) >= 11 is 11.8. The van der Waals surface area contributed by atoms with Gasteiger partial charge >= 0.3 is 5.97 Å². The van der Waals surface area contributed by atoms with Gasteiger partial charge < -0.3 is 20.7 Å². The third-order valence-electron chi connectivity index (χ3n) is 4.52. The minimum Gasteiger partial charge on any atom is -0.452 e. The highest BCUT2D eigenvalue weighted by atomic mass is 35.5. The highest BCUT2D eigenvalue weighted by molar-refractivity contribution is 6.37. The van der Waals surface area contributed by atoms with Gasteiger partial charge in [0.25, 0.3) is 5.91 Å². The molecule has 3 rings (SSSR count). The molecule has 6 nitrogen and oxygen atoms in total. The van der Waals surface area contributed by atoms with E-state index in [1.54, 1.807) is 0 Å². The smallest absolute Gasteiger partial charge is 0.340 e. The number of nitrogens with one attached hydrogen (secondary N) is 1. The van der Waals surface area contributed by atoms with E-state index in [0.717, 1.165) is 18.8 Å². The van der Waals surface area contributed by atoms with E-state index in [0.29, 0.717) is 5.69 Å². The average molecular weight is 422 g/mol. The number of ether oxygens (including phenoxy) is 1. The predicted octanol–water partition coefficient (Wildman–Crippen LogP) is 4.36. The first-order valence-corrected chi connectivity index (χ1v) is 9.76. The molecule has 0 saturated carbocycles. The van der Waals surface area contributed by atoms with Crippen LogP contribution in [0.1, 0.15) is 29.6 Å². The minimum absolute atomic E-state index is 0.0242. The lowest BCUT2D eigenvalue weighted by molar-refractivity contribution is -0.119. The molecular formula is C20H21Cl2N3O3. The van der Waals surface area contributed by atoms with Crippen molar-refractivity contribution in [3.05, 3.63) is 52.0 Å². The molecule has 8 heteroatoms. The van der Waals surface area contributed by atoms with Gasteiger partial charge in [0.2, 0.25) is 0 Å². The summed E-state index contributed by atoms with van der Waals surface area (Å²) < 4.78 is 5.02. The molecular weight excluding hydrogens is 401 g/mol. The Morgan fingerprint density at radius 1 is 1.07 bits per heavy atom. The van der Waals surface area contributed by atoms with E-state index in [9.17, 15) is 9.59 Å². The Balaban J connectivity index is 1.53. The van der Waals surface area contributed by atoms with Crippen molar-refractivity contribution in [2.75, 3.05) is 35.6 Å². The van der Waals surface area contributed by atoms with E-state index in [-0.39, 0.29) is 21.3 Å². The standard InChI is InChI=1S/C20H21Cl2N3O3/c21-13-10-16(19(23)17(22)11-13)20(27)28-12-18(26)24-14-4-6-15(7-5-14)25-8-2-1-3-9-25/h4-7,10-11H,1-3,8-9,12,23H2,(H,24,26). The summed E-state index contributed by atoms with van der Waals surface area (Å²) in [5.74, 6) is -1.22. The number of amides is 1. The summed E-state index contributed by atoms with van der Waals surface area (Å²) in [6.45, 7) is 1.66. The van der Waals surface area contributed by atoms with Crippen LogP contribution in [0, 0.1) is 0 Å². The first kappa shape index (κ1) is 20.3. The van der Waals surface area contributed by atoms with Crippen molar-refractivity contribution in [3.63, 3.8) is 0 Å². The van der Waals surface area contributed by atoms with Gasteiger partial charge in [-0.25, -0.2) is 4.79 Å². The number of anilines is 3. The van der Waals surface area contributed by atoms with Crippen molar-refractivity contribution < 1.29 is 14.3 Å². The fraction of sp³-hybridized carbons (Fsp3) is 0.300. The molecule has 1 aliphatic rings. The minimum atomic E-state index is -0.766. The lowest BCUT2D eigenvalue weighted by Gasteiger charge is -2.28. The number of hydrogen-bond donors (Lipinski definition) is 2. The predicted molar refractivity (Wildman–Crippen MR) is 112 cm³/mol. The number of nitrogen functional groups attached to an aromatic ring is 1. The van der Waals surface area contributed by atoms with Gasteiger partial charge in [0.15, 0.2) is 6.61 Å². The Bertz CT molecular complexity index is 866. The highest BCUT2D eigenvalue weighted by Gasteiger charge is 2.17. The molecule has 148 valence electrons. The molecule has 3 N–H and O–H groups in total. The molecule has 28 heavy (non-hydrogen) atoms. The molecule has 0 aromatic heterocycles. The molecule has 1 aliphatic heterocycles. The summed E-state index contributed by atoms with van der Waals surface area (Å²) in [7, 11) is 0. The van der Waals surface area contributed by atoms with Crippen LogP contribution < -0.4 is 16.0 Å². The van der Waals surface area contributed by atoms with Crippen molar-refractivity contribution in [2.24, 2.45) is 0 Å². The van der Waals surface area contributed by atoms with Crippen LogP contribution in [0.2, 0.25) is 10.0 Å². The molecule has 2 aromatic carbocycles. The van der Waals surface area contributed by atoms with E-state index in [2.05, 4.69) is 10.2 Å². The zero-order chi connectivity index (χ0) is 20.1. The first-order chi connectivity index (χ1) is 13.4. The van der Waals surface area contributed by atoms with E-state index >= 15 is 0 Å². The number of carbonyl (C=O) groups excluding carboxylic acids is 2. The van der Waals surface area contributed by atoms with Gasteiger partial charge in [-0.05, 0) is 55.7 Å². The number of carbonyl (C=O) groups is 2. The van der Waals surface area contributed by atoms with Gasteiger partial charge in [0.05, 0.1) is 16.3 Å². The third kappa shape index (κ3) is 5.09. The number of nitrogens with zero attached hydrogens (tertiary/aromatic N) is 1. The summed E-state index contributed by atoms with van der Waals surface area (Å²) in [6, 6.07) is 10.4. The maximum atomic E-state index is 12.1. The lowest BCUT2D eigenvalue weighted by Crippen LogP contribution is -2.29. The number of nitrogens with two attached hydrogens (primary N) is 1. The largest absolute Gasteiger partial charge is 0.452 e. The van der Waals surface area contributed by atoms with Crippen LogP contribution in [0.5, 0.6) is 0 Å². The Labute approximate surface area is 173 Å². The van der Waals surface area contributed by atoms with E-state index in [4.69, 9.17) is 33.7 Å². The highest BCUT2D eigenvalue weighted by Crippen LogP contribution is 2.28. The molecule has 0 unspecified atom stereocenters. The monoisotopic (exact) mass is 421 g/mol. The summed E-state index contributed by atoms with van der Waals surface area (Å²) in [4.78, 5) is 26.5. The zero-order valence-electron chi connectivity index (χ0n) is 15.2. The normalized spacial score (nSPS) is 13.9. The number of rotatable bonds is 5. The number of halogens is 2. The average Bonchev–Trinajstić information content (AvgIpc) is 2.70. The Kier molecular flexibility index (Phi) is 6.65. The molecule has 1 fully saturated rings. The van der Waals surface area contributed by atoms with Crippen molar-refractivity contribution in [1.82, 2.24) is 0 Å². The van der Waals surface area contributed by atoms with Gasteiger partial charge in [-0.3, -0.25) is 4.79 Å². The SMILES string of the molecule is Nc1c(Cl)cc(Cl)cc1C(=O)OCC(=O)Nc1ccc(N2CCCCC2)cc1. The molecule has 0 atom stereocenters. The molecule has 1 heterocycles. The molecule has 0 spiro atoms. The second kappa shape index (κ2) is 9.17. The number of esters is 1. The quantitative estimate of drug-likeness (QED) is 0.553. The molecule has 0 radical (unpaired) electrons. The fourth-order valence-electron chi connectivity index (χ4n) is 3.07. The Morgan fingerprint density at radius 3 is 2.43 bits per heavy atom. The molecule has 1 saturated heterocycles. The van der Waals surface area contributed by atoms with Crippen LogP contribution in [-0.2, 0) is 9.53 Å². The lowest BCUT2D eigenvalue weighted by atomic mass is 10.1. The van der Waals surface area contributed by atoms with Gasteiger partial charge in [-0.15, -0.1) is 0 Å². The van der Waals surface area contributed by atoms with Crippen LogP contribution >= 0.6 is 23.2 Å². The maximum absolute atomic E-state index is 12.1. The Morgan fingerprint density at radius 2 is 1.75 bits per heavy atom. The maximum Gasteiger partial charge on any atom is 0.340 e. The first-order valence-electron chi connectivity index (χ1n) is 9.00. The molecule has 0 aliphatic carbocycles. The van der Waals surface area contributed by atoms with Crippen LogP contribution in [-0.4, -0.2) is 31.6 Å². The fourth-order valence-corrected chi connectivity index (χ4v) is 3.56. The molecule has 2 aromatic rings.